The van der Waals surface area contributed by atoms with Crippen LogP contribution in [0.4, 0.5) is 0 Å². The highest BCUT2D eigenvalue weighted by atomic mass is 79.9. The fourth-order valence-electron chi connectivity index (χ4n) is 1.22. The van der Waals surface area contributed by atoms with Crippen LogP contribution < -0.4 is 0 Å². The highest BCUT2D eigenvalue weighted by Gasteiger charge is 2.04. The van der Waals surface area contributed by atoms with E-state index in [9.17, 15) is 0 Å². The lowest BCUT2D eigenvalue weighted by Gasteiger charge is -2.00. The van der Waals surface area contributed by atoms with Gasteiger partial charge in [0.25, 0.3) is 0 Å². The van der Waals surface area contributed by atoms with Crippen LogP contribution in [0.5, 0.6) is 0 Å². The second-order valence-corrected chi connectivity index (χ2v) is 3.64. The van der Waals surface area contributed by atoms with E-state index >= 15 is 0 Å². The fraction of sp³-hybridized carbons (Fsp3) is 0.111. The zero-order valence-corrected chi connectivity index (χ0v) is 8.54. The maximum absolute atomic E-state index is 5.80. The van der Waals surface area contributed by atoms with Crippen molar-refractivity contribution in [2.45, 2.75) is 5.88 Å². The van der Waals surface area contributed by atoms with Crippen LogP contribution in [0.2, 0.25) is 0 Å². The maximum Gasteiger partial charge on any atom is 0.0492 e. The summed E-state index contributed by atoms with van der Waals surface area (Å²) in [5.41, 5.74) is 2.17. The average Bonchev–Trinajstić information content (AvgIpc) is 2.52. The number of alkyl halides is 1. The van der Waals surface area contributed by atoms with Crippen LogP contribution >= 0.6 is 27.5 Å². The van der Waals surface area contributed by atoms with Crippen LogP contribution in [0, 0.1) is 6.07 Å². The summed E-state index contributed by atoms with van der Waals surface area (Å²) in [4.78, 5) is 3.09. The summed E-state index contributed by atoms with van der Waals surface area (Å²) in [6, 6.07) is 7.11. The minimum absolute atomic E-state index is 0.506. The number of halogens is 2. The molecule has 61 valence electrons. The van der Waals surface area contributed by atoms with Crippen molar-refractivity contribution in [1.29, 1.82) is 0 Å². The quantitative estimate of drug-likeness (QED) is 0.738. The summed E-state index contributed by atoms with van der Waals surface area (Å²) in [5.74, 6) is 0.506. The second-order valence-electron chi connectivity index (χ2n) is 2.52. The van der Waals surface area contributed by atoms with Gasteiger partial charge in [0.05, 0.1) is 0 Å². The Balaban J connectivity index is 2.83. The van der Waals surface area contributed by atoms with Gasteiger partial charge >= 0.3 is 0 Å². The van der Waals surface area contributed by atoms with Crippen LogP contribution in [-0.4, -0.2) is 4.98 Å². The molecule has 1 heterocycles. The minimum atomic E-state index is 0.506. The summed E-state index contributed by atoms with van der Waals surface area (Å²) < 4.78 is 1.04. The van der Waals surface area contributed by atoms with Crippen molar-refractivity contribution in [3.8, 4) is 0 Å². The molecule has 0 atom stereocenters. The largest absolute Gasteiger partial charge is 0.361 e. The molecule has 0 spiro atoms. The van der Waals surface area contributed by atoms with Gasteiger partial charge in [-0.25, -0.2) is 0 Å². The van der Waals surface area contributed by atoms with Crippen molar-refractivity contribution in [3.05, 3.63) is 34.4 Å². The molecule has 0 saturated heterocycles. The molecule has 0 aliphatic heterocycles. The summed E-state index contributed by atoms with van der Waals surface area (Å²) >= 11 is 9.25. The van der Waals surface area contributed by atoms with Gasteiger partial charge in [-0.2, -0.15) is 0 Å². The summed E-state index contributed by atoms with van der Waals surface area (Å²) in [5, 5.41) is 1.07. The summed E-state index contributed by atoms with van der Waals surface area (Å²) in [6.07, 6.45) is 1.80. The van der Waals surface area contributed by atoms with E-state index in [1.54, 1.807) is 6.20 Å². The van der Waals surface area contributed by atoms with Crippen LogP contribution in [-0.2, 0) is 5.88 Å². The molecule has 0 amide bonds. The molecule has 1 aromatic heterocycles. The van der Waals surface area contributed by atoms with Gasteiger partial charge < -0.3 is 4.98 Å². The molecule has 2 rings (SSSR count). The van der Waals surface area contributed by atoms with Crippen molar-refractivity contribution in [3.63, 3.8) is 0 Å². The van der Waals surface area contributed by atoms with E-state index in [0.717, 1.165) is 20.9 Å². The highest BCUT2D eigenvalue weighted by molar-refractivity contribution is 9.10. The zero-order chi connectivity index (χ0) is 8.55. The Bertz CT molecular complexity index is 408. The van der Waals surface area contributed by atoms with Crippen molar-refractivity contribution >= 4 is 38.4 Å². The van der Waals surface area contributed by atoms with E-state index in [4.69, 9.17) is 11.6 Å². The van der Waals surface area contributed by atoms with Crippen LogP contribution in [0.25, 0.3) is 10.9 Å². The third kappa shape index (κ3) is 1.15. The molecule has 1 N–H and O–H groups in total. The first-order valence-electron chi connectivity index (χ1n) is 3.55. The number of aromatic amines is 1. The Labute approximate surface area is 83.9 Å². The van der Waals surface area contributed by atoms with E-state index < -0.39 is 0 Å². The third-order valence-electron chi connectivity index (χ3n) is 1.83. The summed E-state index contributed by atoms with van der Waals surface area (Å²) in [6.45, 7) is 0. The molecule has 3 heteroatoms. The van der Waals surface area contributed by atoms with Crippen LogP contribution in [0.1, 0.15) is 5.56 Å². The first kappa shape index (κ1) is 8.14. The van der Waals surface area contributed by atoms with Gasteiger partial charge in [-0.05, 0) is 17.7 Å². The number of rotatable bonds is 1. The fourth-order valence-corrected chi connectivity index (χ4v) is 2.13. The van der Waals surface area contributed by atoms with Crippen LogP contribution in [0.3, 0.4) is 0 Å². The van der Waals surface area contributed by atoms with Gasteiger partial charge in [0.1, 0.15) is 0 Å². The van der Waals surface area contributed by atoms with Crippen molar-refractivity contribution in [1.82, 2.24) is 4.98 Å². The number of benzene rings is 1. The summed E-state index contributed by atoms with van der Waals surface area (Å²) in [7, 11) is 0. The lowest BCUT2D eigenvalue weighted by molar-refractivity contribution is 1.41. The highest BCUT2D eigenvalue weighted by Crippen LogP contribution is 2.26. The SMILES string of the molecule is ClCc1c(Br)ccc2[nH]c[c]c12. The molecular weight excluding hydrogens is 237 g/mol. The molecule has 1 aromatic carbocycles. The molecule has 0 fully saturated rings. The molecule has 1 radical (unpaired) electrons. The molecular formula is C9H6BrClN. The predicted octanol–water partition coefficient (Wildman–Crippen LogP) is 3.47. The predicted molar refractivity (Wildman–Crippen MR) is 54.4 cm³/mol. The van der Waals surface area contributed by atoms with Gasteiger partial charge in [0.2, 0.25) is 0 Å². The molecule has 2 aromatic rings. The minimum Gasteiger partial charge on any atom is -0.361 e. The Morgan fingerprint density at radius 3 is 3.08 bits per heavy atom. The molecule has 0 aliphatic carbocycles. The average molecular weight is 244 g/mol. The van der Waals surface area contributed by atoms with E-state index in [-0.39, 0.29) is 0 Å². The Hall–Kier alpha value is -0.470. The topological polar surface area (TPSA) is 15.8 Å². The lowest BCUT2D eigenvalue weighted by atomic mass is 10.1. The van der Waals surface area contributed by atoms with E-state index in [1.165, 1.54) is 0 Å². The Morgan fingerprint density at radius 1 is 1.50 bits per heavy atom. The van der Waals surface area contributed by atoms with Gasteiger partial charge in [-0.15, -0.1) is 11.6 Å². The Morgan fingerprint density at radius 2 is 2.33 bits per heavy atom. The van der Waals surface area contributed by atoms with Gasteiger partial charge in [0.15, 0.2) is 0 Å². The number of fused-ring (bicyclic) bond motifs is 1. The smallest absolute Gasteiger partial charge is 0.0492 e. The lowest BCUT2D eigenvalue weighted by Crippen LogP contribution is -1.81. The first-order chi connectivity index (χ1) is 5.83. The number of hydrogen-bond acceptors (Lipinski definition) is 0. The van der Waals surface area contributed by atoms with E-state index in [1.807, 2.05) is 12.1 Å². The van der Waals surface area contributed by atoms with Crippen molar-refractivity contribution in [2.75, 3.05) is 0 Å². The van der Waals surface area contributed by atoms with Crippen molar-refractivity contribution < 1.29 is 0 Å². The molecule has 12 heavy (non-hydrogen) atoms. The first-order valence-corrected chi connectivity index (χ1v) is 4.88. The standard InChI is InChI=1S/C9H6BrClN/c10-8-1-2-9-6(3-4-12-9)7(8)5-11/h1-2,4,12H,5H2. The molecule has 1 nitrogen and oxygen atoms in total. The Kier molecular flexibility index (Phi) is 2.11. The normalized spacial score (nSPS) is 10.8. The number of hydrogen-bond donors (Lipinski definition) is 1. The van der Waals surface area contributed by atoms with Gasteiger partial charge in [0, 0.05) is 33.5 Å². The second kappa shape index (κ2) is 3.11. The molecule has 0 saturated carbocycles. The van der Waals surface area contributed by atoms with E-state index in [0.29, 0.717) is 5.88 Å². The zero-order valence-electron chi connectivity index (χ0n) is 6.20. The van der Waals surface area contributed by atoms with Gasteiger partial charge in [-0.1, -0.05) is 15.9 Å². The van der Waals surface area contributed by atoms with E-state index in [2.05, 4.69) is 27.0 Å². The maximum atomic E-state index is 5.80. The molecule has 0 unspecified atom stereocenters. The monoisotopic (exact) mass is 242 g/mol. The molecule has 0 bridgehead atoms. The number of H-pyrrole nitrogens is 1. The number of aromatic nitrogens is 1. The third-order valence-corrected chi connectivity index (χ3v) is 2.84. The number of nitrogens with one attached hydrogen (secondary N) is 1. The molecule has 0 aliphatic rings. The van der Waals surface area contributed by atoms with Crippen molar-refractivity contribution in [2.24, 2.45) is 0 Å². The van der Waals surface area contributed by atoms with Gasteiger partial charge in [-0.3, -0.25) is 0 Å². The van der Waals surface area contributed by atoms with Crippen LogP contribution in [0.15, 0.2) is 22.8 Å².